The molecule has 5 nitrogen and oxygen atoms in total. The molecule has 1 aromatic heterocycles. The highest BCUT2D eigenvalue weighted by Crippen LogP contribution is 2.35. The molecule has 0 aliphatic carbocycles. The molecule has 2 heterocycles. The minimum atomic E-state index is -0.0900. The fourth-order valence-electron chi connectivity index (χ4n) is 4.63. The summed E-state index contributed by atoms with van der Waals surface area (Å²) in [4.78, 5) is 32.9. The van der Waals surface area contributed by atoms with Gasteiger partial charge in [-0.15, -0.1) is 0 Å². The Morgan fingerprint density at radius 3 is 2.55 bits per heavy atom. The number of carbonyl (C=O) groups is 2. The Balaban J connectivity index is 1.50. The summed E-state index contributed by atoms with van der Waals surface area (Å²) >= 11 is 5.98. The van der Waals surface area contributed by atoms with Crippen LogP contribution in [0.5, 0.6) is 0 Å². The summed E-state index contributed by atoms with van der Waals surface area (Å²) in [5, 5.41) is 0.595. The minimum absolute atomic E-state index is 0.0198. The first kappa shape index (κ1) is 21.4. The van der Waals surface area contributed by atoms with Crippen molar-refractivity contribution >= 4 is 40.0 Å². The van der Waals surface area contributed by atoms with Crippen molar-refractivity contribution in [1.29, 1.82) is 0 Å². The number of fused-ring (bicyclic) bond motifs is 1. The van der Waals surface area contributed by atoms with Gasteiger partial charge in [0.1, 0.15) is 5.82 Å². The zero-order valence-corrected chi connectivity index (χ0v) is 19.1. The molecular weight excluding hydrogens is 434 g/mol. The van der Waals surface area contributed by atoms with Crippen molar-refractivity contribution in [2.45, 2.75) is 32.2 Å². The molecule has 1 aliphatic rings. The fourth-order valence-corrected chi connectivity index (χ4v) is 4.76. The van der Waals surface area contributed by atoms with Gasteiger partial charge in [0.15, 0.2) is 5.78 Å². The zero-order valence-electron chi connectivity index (χ0n) is 18.4. The number of imidazole rings is 1. The molecule has 0 bridgehead atoms. The van der Waals surface area contributed by atoms with Crippen LogP contribution in [0.4, 0.5) is 5.69 Å². The lowest BCUT2D eigenvalue weighted by molar-refractivity contribution is -0.117. The molecule has 166 valence electrons. The van der Waals surface area contributed by atoms with E-state index in [1.165, 1.54) is 0 Å². The number of Topliss-reactive ketones (excluding diaryl/α,β-unsaturated/α-hetero) is 1. The van der Waals surface area contributed by atoms with Crippen molar-refractivity contribution < 1.29 is 9.59 Å². The van der Waals surface area contributed by atoms with Crippen molar-refractivity contribution in [1.82, 2.24) is 9.55 Å². The predicted molar refractivity (Wildman–Crippen MR) is 131 cm³/mol. The predicted octanol–water partition coefficient (Wildman–Crippen LogP) is 5.66. The number of amides is 1. The second-order valence-corrected chi connectivity index (χ2v) is 8.80. The number of aryl methyl sites for hydroxylation is 1. The van der Waals surface area contributed by atoms with Crippen molar-refractivity contribution in [2.24, 2.45) is 0 Å². The number of carbonyl (C=O) groups excluding carboxylic acids is 2. The maximum atomic E-state index is 13.1. The lowest BCUT2D eigenvalue weighted by Crippen LogP contribution is -2.25. The normalized spacial score (nSPS) is 16.0. The first-order valence-electron chi connectivity index (χ1n) is 11.2. The summed E-state index contributed by atoms with van der Waals surface area (Å²) in [7, 11) is 0. The summed E-state index contributed by atoms with van der Waals surface area (Å²) < 4.78 is 1.97. The maximum absolute atomic E-state index is 13.1. The summed E-state index contributed by atoms with van der Waals surface area (Å²) in [6.07, 6.45) is 1.23. The van der Waals surface area contributed by atoms with Crippen LogP contribution in [-0.2, 0) is 17.8 Å². The van der Waals surface area contributed by atoms with Crippen molar-refractivity contribution in [3.05, 3.63) is 94.8 Å². The lowest BCUT2D eigenvalue weighted by atomic mass is 10.1. The molecule has 33 heavy (non-hydrogen) atoms. The second kappa shape index (κ2) is 8.83. The van der Waals surface area contributed by atoms with E-state index in [9.17, 15) is 9.59 Å². The smallest absolute Gasteiger partial charge is 0.227 e. The van der Waals surface area contributed by atoms with E-state index < -0.39 is 0 Å². The maximum Gasteiger partial charge on any atom is 0.227 e. The van der Waals surface area contributed by atoms with Crippen LogP contribution in [-0.4, -0.2) is 27.8 Å². The van der Waals surface area contributed by atoms with Crippen LogP contribution in [0.3, 0.4) is 0 Å². The van der Waals surface area contributed by atoms with Crippen LogP contribution < -0.4 is 4.90 Å². The Morgan fingerprint density at radius 1 is 1.03 bits per heavy atom. The van der Waals surface area contributed by atoms with Crippen LogP contribution in [0.15, 0.2) is 72.8 Å². The molecule has 1 saturated heterocycles. The van der Waals surface area contributed by atoms with E-state index in [4.69, 9.17) is 16.6 Å². The number of benzene rings is 3. The summed E-state index contributed by atoms with van der Waals surface area (Å²) in [5.74, 6) is 0.758. The van der Waals surface area contributed by atoms with E-state index in [0.29, 0.717) is 23.6 Å². The van der Waals surface area contributed by atoms with E-state index >= 15 is 0 Å². The van der Waals surface area contributed by atoms with Gasteiger partial charge in [-0.3, -0.25) is 9.59 Å². The molecule has 1 aliphatic heterocycles. The molecule has 4 aromatic rings. The Hall–Kier alpha value is -3.44. The van der Waals surface area contributed by atoms with Crippen molar-refractivity contribution in [3.8, 4) is 0 Å². The first-order chi connectivity index (χ1) is 16.0. The van der Waals surface area contributed by atoms with E-state index in [1.807, 2.05) is 51.9 Å². The number of rotatable bonds is 6. The third-order valence-electron chi connectivity index (χ3n) is 6.31. The lowest BCUT2D eigenvalue weighted by Gasteiger charge is -2.20. The quantitative estimate of drug-likeness (QED) is 0.351. The highest BCUT2D eigenvalue weighted by molar-refractivity contribution is 6.30. The van der Waals surface area contributed by atoms with Crippen LogP contribution in [0.1, 0.15) is 41.0 Å². The van der Waals surface area contributed by atoms with Gasteiger partial charge in [-0.25, -0.2) is 4.98 Å². The van der Waals surface area contributed by atoms with Gasteiger partial charge < -0.3 is 9.47 Å². The summed E-state index contributed by atoms with van der Waals surface area (Å²) in [6.45, 7) is 2.81. The van der Waals surface area contributed by atoms with Gasteiger partial charge in [0.25, 0.3) is 0 Å². The molecule has 0 spiro atoms. The number of para-hydroxylation sites is 3. The van der Waals surface area contributed by atoms with Gasteiger partial charge in [0, 0.05) is 35.2 Å². The number of ketones is 1. The van der Waals surface area contributed by atoms with Gasteiger partial charge >= 0.3 is 0 Å². The van der Waals surface area contributed by atoms with Crippen LogP contribution in [0.2, 0.25) is 5.02 Å². The third-order valence-corrected chi connectivity index (χ3v) is 6.56. The topological polar surface area (TPSA) is 55.2 Å². The summed E-state index contributed by atoms with van der Waals surface area (Å²) in [6, 6.07) is 22.8. The molecule has 0 saturated carbocycles. The van der Waals surface area contributed by atoms with E-state index in [1.54, 1.807) is 24.3 Å². The van der Waals surface area contributed by atoms with Crippen LogP contribution in [0, 0.1) is 0 Å². The van der Waals surface area contributed by atoms with Crippen molar-refractivity contribution in [3.63, 3.8) is 0 Å². The number of nitrogens with zero attached hydrogens (tertiary/aromatic N) is 3. The second-order valence-electron chi connectivity index (χ2n) is 8.36. The number of hydrogen-bond donors (Lipinski definition) is 0. The third kappa shape index (κ3) is 4.05. The number of hydrogen-bond acceptors (Lipinski definition) is 3. The van der Waals surface area contributed by atoms with Gasteiger partial charge in [-0.05, 0) is 54.4 Å². The molecule has 5 rings (SSSR count). The van der Waals surface area contributed by atoms with E-state index in [-0.39, 0.29) is 24.2 Å². The molecule has 1 amide bonds. The molecular formula is C27H24ClN3O2. The van der Waals surface area contributed by atoms with Crippen LogP contribution >= 0.6 is 11.6 Å². The van der Waals surface area contributed by atoms with Crippen molar-refractivity contribution in [2.75, 3.05) is 11.4 Å². The molecule has 3 aromatic carbocycles. The van der Waals surface area contributed by atoms with Crippen LogP contribution in [0.25, 0.3) is 11.0 Å². The fraction of sp³-hybridized carbons (Fsp3) is 0.222. The zero-order chi connectivity index (χ0) is 22.9. The van der Waals surface area contributed by atoms with E-state index in [0.717, 1.165) is 34.5 Å². The highest BCUT2D eigenvalue weighted by atomic mass is 35.5. The standard InChI is InChI=1S/C27H24ClN3O2/c1-2-18-7-3-5-9-23(18)30-16-20(15-26(30)33)27-29-22-8-4-6-10-24(22)31(27)17-25(32)19-11-13-21(28)14-12-19/h3-14,20H,2,15-17H2,1H3. The van der Waals surface area contributed by atoms with Gasteiger partial charge in [0.05, 0.1) is 17.6 Å². The van der Waals surface area contributed by atoms with E-state index in [2.05, 4.69) is 13.0 Å². The molecule has 1 atom stereocenters. The Kier molecular flexibility index (Phi) is 5.73. The number of aromatic nitrogens is 2. The highest BCUT2D eigenvalue weighted by Gasteiger charge is 2.35. The van der Waals surface area contributed by atoms with Gasteiger partial charge in [-0.2, -0.15) is 0 Å². The average molecular weight is 458 g/mol. The number of halogens is 1. The van der Waals surface area contributed by atoms with Gasteiger partial charge in [-0.1, -0.05) is 48.9 Å². The average Bonchev–Trinajstić information content (AvgIpc) is 3.40. The molecule has 1 fully saturated rings. The largest absolute Gasteiger partial charge is 0.320 e. The molecule has 0 N–H and O–H groups in total. The van der Waals surface area contributed by atoms with Gasteiger partial charge in [0.2, 0.25) is 5.91 Å². The summed E-state index contributed by atoms with van der Waals surface area (Å²) in [5.41, 5.74) is 4.44. The Morgan fingerprint density at radius 2 is 1.76 bits per heavy atom. The Bertz CT molecular complexity index is 1340. The monoisotopic (exact) mass is 457 g/mol. The molecule has 0 radical (unpaired) electrons. The SMILES string of the molecule is CCc1ccccc1N1CC(c2nc3ccccc3n2CC(=O)c2ccc(Cl)cc2)CC1=O. The number of anilines is 1. The molecule has 6 heteroatoms. The first-order valence-corrected chi connectivity index (χ1v) is 11.5. The minimum Gasteiger partial charge on any atom is -0.320 e. The molecule has 1 unspecified atom stereocenters. The Labute approximate surface area is 197 Å².